The van der Waals surface area contributed by atoms with Gasteiger partial charge >= 0.3 is 24.5 Å². The van der Waals surface area contributed by atoms with Crippen molar-refractivity contribution in [2.24, 2.45) is 11.8 Å². The van der Waals surface area contributed by atoms with E-state index in [1.165, 1.54) is 19.1 Å². The number of alkyl carbamates (subject to hydrolysis) is 1. The first-order valence-corrected chi connectivity index (χ1v) is 20.7. The molecule has 17 heteroatoms. The summed E-state index contributed by atoms with van der Waals surface area (Å²) in [6, 6.07) is 21.0. The van der Waals surface area contributed by atoms with E-state index < -0.39 is 66.4 Å². The summed E-state index contributed by atoms with van der Waals surface area (Å²) in [6.45, 7) is 7.92. The number of nitrogens with zero attached hydrogens (tertiary/aromatic N) is 2. The van der Waals surface area contributed by atoms with Crippen molar-refractivity contribution in [1.29, 1.82) is 0 Å². The largest absolute Gasteiger partial charge is 0.573 e. The van der Waals surface area contributed by atoms with Crippen LogP contribution in [0.1, 0.15) is 63.6 Å². The number of esters is 1. The van der Waals surface area contributed by atoms with E-state index in [0.717, 1.165) is 30.4 Å². The lowest BCUT2D eigenvalue weighted by molar-refractivity contribution is -0.274. The molecule has 14 nitrogen and oxygen atoms in total. The van der Waals surface area contributed by atoms with E-state index in [1.807, 2.05) is 37.3 Å². The highest BCUT2D eigenvalue weighted by Crippen LogP contribution is 2.26. The van der Waals surface area contributed by atoms with E-state index in [1.54, 1.807) is 54.0 Å². The zero-order valence-corrected chi connectivity index (χ0v) is 35.6. The minimum Gasteiger partial charge on any atom is -0.466 e. The van der Waals surface area contributed by atoms with Gasteiger partial charge in [-0.2, -0.15) is 0 Å². The second-order valence-corrected chi connectivity index (χ2v) is 15.5. The monoisotopic (exact) mass is 870 g/mol. The van der Waals surface area contributed by atoms with Crippen molar-refractivity contribution in [2.45, 2.75) is 103 Å². The summed E-state index contributed by atoms with van der Waals surface area (Å²) in [5.74, 6) is -3.66. The number of hydrogen-bond acceptors (Lipinski definition) is 10. The molecule has 0 radical (unpaired) electrons. The maximum absolute atomic E-state index is 14.3. The molecular weight excluding hydrogens is 814 g/mol. The number of carbonyl (C=O) groups is 5. The smallest absolute Gasteiger partial charge is 0.466 e. The molecule has 1 saturated heterocycles. The average molecular weight is 871 g/mol. The predicted molar refractivity (Wildman–Crippen MR) is 221 cm³/mol. The van der Waals surface area contributed by atoms with Gasteiger partial charge in [0.05, 0.1) is 19.3 Å². The number of ether oxygens (including phenoxy) is 4. The number of alkyl halides is 3. The van der Waals surface area contributed by atoms with Gasteiger partial charge in [0.1, 0.15) is 18.4 Å². The van der Waals surface area contributed by atoms with Gasteiger partial charge in [-0.15, -0.1) is 13.2 Å². The molecule has 3 aromatic rings. The van der Waals surface area contributed by atoms with Crippen LogP contribution < -0.4 is 15.4 Å². The molecule has 0 aliphatic carbocycles. The fourth-order valence-corrected chi connectivity index (χ4v) is 7.28. The normalized spacial score (nSPS) is 15.6. The van der Waals surface area contributed by atoms with Gasteiger partial charge in [-0.25, -0.2) is 14.4 Å². The van der Waals surface area contributed by atoms with Crippen molar-refractivity contribution >= 4 is 30.0 Å². The summed E-state index contributed by atoms with van der Waals surface area (Å²) in [5.41, 5.74) is 2.02. The van der Waals surface area contributed by atoms with Crippen LogP contribution in [0.4, 0.5) is 22.8 Å². The predicted octanol–water partition coefficient (Wildman–Crippen LogP) is 6.18. The number of rotatable bonds is 19. The first kappa shape index (κ1) is 48.8. The molecular formula is C45H57F3N4O10. The zero-order chi connectivity index (χ0) is 45.4. The van der Waals surface area contributed by atoms with Crippen LogP contribution in [-0.2, 0) is 48.0 Å². The van der Waals surface area contributed by atoms with Crippen molar-refractivity contribution in [3.05, 3.63) is 102 Å². The molecule has 1 aliphatic heterocycles. The summed E-state index contributed by atoms with van der Waals surface area (Å²) >= 11 is 0. The van der Waals surface area contributed by atoms with E-state index in [0.29, 0.717) is 38.0 Å². The third-order valence-corrected chi connectivity index (χ3v) is 10.6. The lowest BCUT2D eigenvalue weighted by atomic mass is 9.88. The maximum atomic E-state index is 14.3. The summed E-state index contributed by atoms with van der Waals surface area (Å²) in [5, 5.41) is 17.2. The summed E-state index contributed by atoms with van der Waals surface area (Å²) < 4.78 is 58.1. The van der Waals surface area contributed by atoms with Gasteiger partial charge < -0.3 is 44.5 Å². The minimum absolute atomic E-state index is 0.0747. The highest BCUT2D eigenvalue weighted by atomic mass is 19.4. The number of nitrogens with one attached hydrogen (secondary N) is 2. The Bertz CT molecular complexity index is 1900. The van der Waals surface area contributed by atoms with Gasteiger partial charge in [0.25, 0.3) is 0 Å². The Labute approximate surface area is 360 Å². The average Bonchev–Trinajstić information content (AvgIpc) is 3.24. The van der Waals surface area contributed by atoms with Gasteiger partial charge in [0, 0.05) is 31.6 Å². The zero-order valence-electron chi connectivity index (χ0n) is 35.6. The van der Waals surface area contributed by atoms with Crippen LogP contribution in [0.15, 0.2) is 84.9 Å². The number of carbonyl (C=O) groups excluding carboxylic acids is 5. The fraction of sp³-hybridized carbons (Fsp3) is 0.489. The van der Waals surface area contributed by atoms with Crippen molar-refractivity contribution in [3.63, 3.8) is 0 Å². The molecule has 3 aromatic carbocycles. The van der Waals surface area contributed by atoms with Crippen molar-refractivity contribution in [3.8, 4) is 5.75 Å². The topological polar surface area (TPSA) is 173 Å². The van der Waals surface area contributed by atoms with Crippen LogP contribution in [0.5, 0.6) is 5.75 Å². The van der Waals surface area contributed by atoms with Crippen LogP contribution in [0, 0.1) is 11.8 Å². The van der Waals surface area contributed by atoms with Gasteiger partial charge in [-0.1, -0.05) is 86.6 Å². The molecule has 1 aliphatic rings. The summed E-state index contributed by atoms with van der Waals surface area (Å²) in [6.07, 6.45) is -8.34. The lowest BCUT2D eigenvalue weighted by Crippen LogP contribution is -2.56. The van der Waals surface area contributed by atoms with Crippen LogP contribution >= 0.6 is 0 Å². The van der Waals surface area contributed by atoms with Gasteiger partial charge in [-0.3, -0.25) is 9.59 Å². The summed E-state index contributed by atoms with van der Waals surface area (Å²) in [7, 11) is 1.14. The van der Waals surface area contributed by atoms with E-state index >= 15 is 0 Å². The van der Waals surface area contributed by atoms with Crippen LogP contribution in [0.2, 0.25) is 0 Å². The van der Waals surface area contributed by atoms with E-state index in [4.69, 9.17) is 9.47 Å². The van der Waals surface area contributed by atoms with Crippen molar-refractivity contribution < 1.29 is 61.2 Å². The number of likely N-dealkylation sites (tertiary alicyclic amines) is 1. The van der Waals surface area contributed by atoms with E-state index in [2.05, 4.69) is 20.1 Å². The molecule has 4 amide bonds. The highest BCUT2D eigenvalue weighted by Gasteiger charge is 2.37. The minimum atomic E-state index is -4.91. The molecule has 4 rings (SSSR count). The third kappa shape index (κ3) is 15.3. The number of methoxy groups -OCH3 is 1. The number of benzene rings is 3. The van der Waals surface area contributed by atoms with Gasteiger partial charge in [0.15, 0.2) is 6.10 Å². The number of hydrogen-bond donors (Lipinski definition) is 3. The molecule has 1 unspecified atom stereocenters. The molecule has 5 atom stereocenters. The van der Waals surface area contributed by atoms with Gasteiger partial charge in [-0.05, 0) is 80.7 Å². The Morgan fingerprint density at radius 2 is 1.42 bits per heavy atom. The standard InChI is InChI=1S/C45H57F3N4O10/c1-6-52(44(58)60-28-33-15-11-8-12-16-33)35-21-23-51(24-22-35)41(55)39(29(2)3)50-40(54)34(25-32-17-19-36(20-18-32)62-45(46,47)48)27-38(53)37(26-31-13-9-7-10-14-31)49-43(57)61-30(4)42(56)59-5/h7-20,29-30,34-35,37-39,53H,6,21-28H2,1-5H3,(H,49,57)(H,50,54)/t30-,34-,37?,38-,39-/m0/s1. The molecule has 0 spiro atoms. The van der Waals surface area contributed by atoms with Crippen LogP contribution in [0.3, 0.4) is 0 Å². The molecule has 1 fully saturated rings. The number of aliphatic hydroxyl groups is 1. The Kier molecular flexibility index (Phi) is 18.4. The third-order valence-electron chi connectivity index (χ3n) is 10.6. The number of amides is 4. The van der Waals surface area contributed by atoms with Crippen molar-refractivity contribution in [1.82, 2.24) is 20.4 Å². The first-order valence-electron chi connectivity index (χ1n) is 20.7. The first-order chi connectivity index (χ1) is 29.5. The second kappa shape index (κ2) is 23.4. The Balaban J connectivity index is 1.51. The fourth-order valence-electron chi connectivity index (χ4n) is 7.28. The summed E-state index contributed by atoms with van der Waals surface area (Å²) in [4.78, 5) is 69.7. The lowest BCUT2D eigenvalue weighted by Gasteiger charge is -2.39. The van der Waals surface area contributed by atoms with Gasteiger partial charge in [0.2, 0.25) is 11.8 Å². The Morgan fingerprint density at radius 1 is 0.839 bits per heavy atom. The van der Waals surface area contributed by atoms with Crippen LogP contribution in [-0.4, -0.2) is 108 Å². The SMILES string of the molecule is CCN(C(=O)OCc1ccccc1)C1CCN(C(=O)[C@@H](NC(=O)[C@@H](Cc2ccc(OC(F)(F)F)cc2)C[C@H](O)C(Cc2ccccc2)NC(=O)O[C@@H](C)C(=O)OC)C(C)C)CC1. The number of halogens is 3. The maximum Gasteiger partial charge on any atom is 0.573 e. The number of piperidine rings is 1. The Hall–Kier alpha value is -5.84. The molecule has 0 saturated carbocycles. The number of aliphatic hydroxyl groups excluding tert-OH is 1. The molecule has 1 heterocycles. The second-order valence-electron chi connectivity index (χ2n) is 15.5. The Morgan fingerprint density at radius 3 is 1.97 bits per heavy atom. The molecule has 62 heavy (non-hydrogen) atoms. The van der Waals surface area contributed by atoms with E-state index in [9.17, 15) is 42.3 Å². The quantitative estimate of drug-likeness (QED) is 0.0933. The molecule has 338 valence electrons. The van der Waals surface area contributed by atoms with E-state index in [-0.39, 0.29) is 43.7 Å². The molecule has 3 N–H and O–H groups in total. The van der Waals surface area contributed by atoms with Crippen LogP contribution in [0.25, 0.3) is 0 Å². The van der Waals surface area contributed by atoms with Crippen molar-refractivity contribution in [2.75, 3.05) is 26.7 Å². The molecule has 0 aromatic heterocycles. The molecule has 0 bridgehead atoms. The highest BCUT2D eigenvalue weighted by molar-refractivity contribution is 5.89.